The zero-order chi connectivity index (χ0) is 18.8. The van der Waals surface area contributed by atoms with Crippen LogP contribution >= 0.6 is 11.6 Å². The van der Waals surface area contributed by atoms with E-state index in [1.807, 2.05) is 0 Å². The van der Waals surface area contributed by atoms with Crippen molar-refractivity contribution in [2.75, 3.05) is 6.61 Å². The first-order valence-corrected chi connectivity index (χ1v) is 8.20. The first-order valence-electron chi connectivity index (χ1n) is 7.82. The zero-order valence-corrected chi connectivity index (χ0v) is 14.5. The quantitative estimate of drug-likeness (QED) is 0.279. The highest BCUT2D eigenvalue weighted by atomic mass is 35.5. The molecule has 6 nitrogen and oxygen atoms in total. The first kappa shape index (κ1) is 18.0. The highest BCUT2D eigenvalue weighted by molar-refractivity contribution is 6.34. The Kier molecular flexibility index (Phi) is 4.99. The Morgan fingerprint density at radius 1 is 1.42 bits per heavy atom. The Balaban J connectivity index is 2.00. The molecule has 1 aliphatic rings. The summed E-state index contributed by atoms with van der Waals surface area (Å²) in [5.41, 5.74) is 0.196. The molecule has 0 aromatic heterocycles. The van der Waals surface area contributed by atoms with Crippen LogP contribution in [0.5, 0.6) is 11.5 Å². The van der Waals surface area contributed by atoms with Gasteiger partial charge in [-0.3, -0.25) is 4.79 Å². The fourth-order valence-electron chi connectivity index (χ4n) is 2.77. The number of fused-ring (bicyclic) bond motifs is 1. The lowest BCUT2D eigenvalue weighted by Gasteiger charge is -2.13. The van der Waals surface area contributed by atoms with Gasteiger partial charge in [0, 0.05) is 12.0 Å². The van der Waals surface area contributed by atoms with Crippen LogP contribution in [0.25, 0.3) is 0 Å². The summed E-state index contributed by atoms with van der Waals surface area (Å²) < 4.78 is 24.7. The smallest absolute Gasteiger partial charge is 0.267 e. The third-order valence-electron chi connectivity index (χ3n) is 3.97. The standard InChI is InChI=1S/C18H15ClFNO5/c1-2-25-18(21-24)13-8-9-7-11(16(23)14(19)17(9)26-13)15(22)10-5-3-4-6-12(10)20/h3-7,13,23-24H,2,8H2,1H3/b21-18+. The lowest BCUT2D eigenvalue weighted by atomic mass is 9.98. The third-order valence-corrected chi connectivity index (χ3v) is 4.32. The van der Waals surface area contributed by atoms with E-state index in [0.717, 1.165) is 6.07 Å². The van der Waals surface area contributed by atoms with Crippen LogP contribution in [-0.2, 0) is 11.2 Å². The van der Waals surface area contributed by atoms with Crippen molar-refractivity contribution in [3.8, 4) is 11.5 Å². The van der Waals surface area contributed by atoms with Crippen LogP contribution in [0, 0.1) is 5.82 Å². The van der Waals surface area contributed by atoms with Gasteiger partial charge in [0.25, 0.3) is 5.90 Å². The number of hydrogen-bond acceptors (Lipinski definition) is 6. The lowest BCUT2D eigenvalue weighted by molar-refractivity contribution is 0.103. The molecule has 2 N–H and O–H groups in total. The molecule has 1 heterocycles. The summed E-state index contributed by atoms with van der Waals surface area (Å²) >= 11 is 6.14. The zero-order valence-electron chi connectivity index (χ0n) is 13.7. The SMILES string of the molecule is CCO/C(=N/O)C1Cc2cc(C(=O)c3ccccc3F)c(O)c(Cl)c2O1. The van der Waals surface area contributed by atoms with Gasteiger partial charge in [-0.1, -0.05) is 28.9 Å². The Labute approximate surface area is 153 Å². The number of ether oxygens (including phenoxy) is 2. The fourth-order valence-corrected chi connectivity index (χ4v) is 3.04. The maximum atomic E-state index is 13.9. The predicted molar refractivity (Wildman–Crippen MR) is 91.9 cm³/mol. The topological polar surface area (TPSA) is 88.4 Å². The van der Waals surface area contributed by atoms with Crippen LogP contribution in [0.1, 0.15) is 28.4 Å². The van der Waals surface area contributed by atoms with Gasteiger partial charge < -0.3 is 19.8 Å². The molecule has 0 fully saturated rings. The van der Waals surface area contributed by atoms with E-state index < -0.39 is 23.5 Å². The molecule has 8 heteroatoms. The number of halogens is 2. The van der Waals surface area contributed by atoms with Crippen molar-refractivity contribution in [1.82, 2.24) is 0 Å². The van der Waals surface area contributed by atoms with E-state index >= 15 is 0 Å². The van der Waals surface area contributed by atoms with Crippen LogP contribution in [0.2, 0.25) is 5.02 Å². The Bertz CT molecular complexity index is 899. The molecular weight excluding hydrogens is 365 g/mol. The van der Waals surface area contributed by atoms with Gasteiger partial charge in [-0.05, 0) is 25.1 Å². The molecule has 1 unspecified atom stereocenters. The predicted octanol–water partition coefficient (Wildman–Crippen LogP) is 3.54. The van der Waals surface area contributed by atoms with E-state index in [9.17, 15) is 14.3 Å². The van der Waals surface area contributed by atoms with E-state index in [-0.39, 0.29) is 40.8 Å². The van der Waals surface area contributed by atoms with Crippen LogP contribution in [0.15, 0.2) is 35.5 Å². The molecular formula is C18H15ClFNO5. The molecule has 0 radical (unpaired) electrons. The molecule has 0 saturated heterocycles. The third kappa shape index (κ3) is 3.06. The van der Waals surface area contributed by atoms with Gasteiger partial charge in [0.2, 0.25) is 0 Å². The van der Waals surface area contributed by atoms with Gasteiger partial charge in [0.15, 0.2) is 11.9 Å². The summed E-state index contributed by atoms with van der Waals surface area (Å²) in [5.74, 6) is -1.78. The number of ketones is 1. The molecule has 3 rings (SSSR count). The van der Waals surface area contributed by atoms with E-state index in [2.05, 4.69) is 5.16 Å². The first-order chi connectivity index (χ1) is 12.5. The molecule has 0 aliphatic carbocycles. The average molecular weight is 380 g/mol. The maximum absolute atomic E-state index is 13.9. The normalized spacial score (nSPS) is 16.1. The summed E-state index contributed by atoms with van der Waals surface area (Å²) in [6.45, 7) is 1.99. The second kappa shape index (κ2) is 7.21. The van der Waals surface area contributed by atoms with Crippen molar-refractivity contribution in [2.45, 2.75) is 19.4 Å². The number of aromatic hydroxyl groups is 1. The highest BCUT2D eigenvalue weighted by Gasteiger charge is 2.34. The number of hydrogen-bond donors (Lipinski definition) is 2. The second-order valence-corrected chi connectivity index (χ2v) is 5.94. The molecule has 136 valence electrons. The molecule has 2 aromatic rings. The Morgan fingerprint density at radius 2 is 2.15 bits per heavy atom. The lowest BCUT2D eigenvalue weighted by Crippen LogP contribution is -2.27. The van der Waals surface area contributed by atoms with Crippen LogP contribution in [0.4, 0.5) is 4.39 Å². The number of benzene rings is 2. The Hall–Kier alpha value is -2.80. The van der Waals surface area contributed by atoms with Gasteiger partial charge in [-0.15, -0.1) is 0 Å². The van der Waals surface area contributed by atoms with Crippen LogP contribution in [-0.4, -0.2) is 34.7 Å². The van der Waals surface area contributed by atoms with Crippen molar-refractivity contribution >= 4 is 23.3 Å². The van der Waals surface area contributed by atoms with E-state index in [0.29, 0.717) is 5.56 Å². The minimum Gasteiger partial charge on any atom is -0.505 e. The summed E-state index contributed by atoms with van der Waals surface area (Å²) in [6.07, 6.45) is -0.530. The minimum absolute atomic E-state index is 0.0405. The van der Waals surface area contributed by atoms with Crippen molar-refractivity contribution in [3.63, 3.8) is 0 Å². The second-order valence-electron chi connectivity index (χ2n) is 5.57. The summed E-state index contributed by atoms with van der Waals surface area (Å²) in [7, 11) is 0. The molecule has 1 atom stereocenters. The summed E-state index contributed by atoms with van der Waals surface area (Å²) in [4.78, 5) is 12.6. The van der Waals surface area contributed by atoms with Gasteiger partial charge in [-0.2, -0.15) is 0 Å². The molecule has 26 heavy (non-hydrogen) atoms. The van der Waals surface area contributed by atoms with E-state index in [1.165, 1.54) is 24.3 Å². The molecule has 0 saturated carbocycles. The molecule has 0 spiro atoms. The minimum atomic E-state index is -0.745. The molecule has 1 aliphatic heterocycles. The number of rotatable bonds is 4. The average Bonchev–Trinajstić information content (AvgIpc) is 3.06. The monoisotopic (exact) mass is 379 g/mol. The van der Waals surface area contributed by atoms with Gasteiger partial charge >= 0.3 is 0 Å². The molecule has 0 bridgehead atoms. The number of nitrogens with zero attached hydrogens (tertiary/aromatic N) is 1. The fraction of sp³-hybridized carbons (Fsp3) is 0.222. The van der Waals surface area contributed by atoms with Gasteiger partial charge in [0.1, 0.15) is 22.3 Å². The van der Waals surface area contributed by atoms with E-state index in [1.54, 1.807) is 6.92 Å². The number of carbonyl (C=O) groups is 1. The summed E-state index contributed by atoms with van der Waals surface area (Å²) in [5, 5.41) is 22.2. The van der Waals surface area contributed by atoms with Crippen LogP contribution < -0.4 is 4.74 Å². The van der Waals surface area contributed by atoms with E-state index in [4.69, 9.17) is 26.3 Å². The van der Waals surface area contributed by atoms with Crippen LogP contribution in [0.3, 0.4) is 0 Å². The number of phenols is 1. The Morgan fingerprint density at radius 3 is 2.81 bits per heavy atom. The molecule has 2 aromatic carbocycles. The maximum Gasteiger partial charge on any atom is 0.267 e. The van der Waals surface area contributed by atoms with Crippen molar-refractivity contribution < 1.29 is 29.0 Å². The summed E-state index contributed by atoms with van der Waals surface area (Å²) in [6, 6.07) is 6.86. The largest absolute Gasteiger partial charge is 0.505 e. The van der Waals surface area contributed by atoms with Crippen molar-refractivity contribution in [3.05, 3.63) is 57.9 Å². The molecule has 0 amide bonds. The highest BCUT2D eigenvalue weighted by Crippen LogP contribution is 2.44. The number of phenolic OH excluding ortho intramolecular Hbond substituents is 1. The number of oxime groups is 1. The van der Waals surface area contributed by atoms with Crippen molar-refractivity contribution in [2.24, 2.45) is 5.16 Å². The van der Waals surface area contributed by atoms with Gasteiger partial charge in [-0.25, -0.2) is 4.39 Å². The van der Waals surface area contributed by atoms with Crippen molar-refractivity contribution in [1.29, 1.82) is 0 Å². The number of carbonyl (C=O) groups excluding carboxylic acids is 1. The van der Waals surface area contributed by atoms with Gasteiger partial charge in [0.05, 0.1) is 17.7 Å².